The fourth-order valence-corrected chi connectivity index (χ4v) is 2.32. The van der Waals surface area contributed by atoms with Gasteiger partial charge in [-0.2, -0.15) is 9.57 Å². The summed E-state index contributed by atoms with van der Waals surface area (Å²) >= 11 is 0. The molecular formula is C10H13N3O2S. The monoisotopic (exact) mass is 239 g/mol. The standard InChI is InChI=1S/C10H13N3O2S/c1-13(8-2-7-11)16(14,15)10-5-3-9(12)4-6-10/h3-6H,2,8,12H2,1H3. The lowest BCUT2D eigenvalue weighted by Gasteiger charge is -2.15. The molecule has 0 heterocycles. The molecule has 0 aliphatic carbocycles. The summed E-state index contributed by atoms with van der Waals surface area (Å²) in [6, 6.07) is 7.87. The Bertz CT molecular complexity index is 488. The van der Waals surface area contributed by atoms with Crippen LogP contribution < -0.4 is 5.73 Å². The van der Waals surface area contributed by atoms with Crippen LogP contribution >= 0.6 is 0 Å². The number of nitriles is 1. The van der Waals surface area contributed by atoms with Crippen LogP contribution in [0.1, 0.15) is 6.42 Å². The molecule has 0 saturated carbocycles. The number of sulfonamides is 1. The van der Waals surface area contributed by atoms with Gasteiger partial charge in [0.15, 0.2) is 0 Å². The van der Waals surface area contributed by atoms with Crippen molar-refractivity contribution in [1.29, 1.82) is 5.26 Å². The van der Waals surface area contributed by atoms with Crippen LogP contribution in [0.25, 0.3) is 0 Å². The van der Waals surface area contributed by atoms with Gasteiger partial charge in [0.1, 0.15) is 0 Å². The van der Waals surface area contributed by atoms with Crippen LogP contribution in [0.3, 0.4) is 0 Å². The lowest BCUT2D eigenvalue weighted by Crippen LogP contribution is -2.27. The van der Waals surface area contributed by atoms with Crippen molar-refractivity contribution in [3.8, 4) is 6.07 Å². The second-order valence-corrected chi connectivity index (χ2v) is 5.35. The van der Waals surface area contributed by atoms with Crippen LogP contribution in [0.4, 0.5) is 5.69 Å². The van der Waals surface area contributed by atoms with Gasteiger partial charge in [0.05, 0.1) is 11.0 Å². The fraction of sp³-hybridized carbons (Fsp3) is 0.300. The Hall–Kier alpha value is -1.58. The summed E-state index contributed by atoms with van der Waals surface area (Å²) in [5.41, 5.74) is 5.99. The van der Waals surface area contributed by atoms with Crippen molar-refractivity contribution in [2.45, 2.75) is 11.3 Å². The van der Waals surface area contributed by atoms with E-state index >= 15 is 0 Å². The fourth-order valence-electron chi connectivity index (χ4n) is 1.15. The summed E-state index contributed by atoms with van der Waals surface area (Å²) < 4.78 is 25.0. The minimum Gasteiger partial charge on any atom is -0.399 e. The summed E-state index contributed by atoms with van der Waals surface area (Å²) in [6.45, 7) is 0.184. The average Bonchev–Trinajstić information content (AvgIpc) is 2.26. The van der Waals surface area contributed by atoms with Gasteiger partial charge in [-0.1, -0.05) is 0 Å². The van der Waals surface area contributed by atoms with E-state index in [2.05, 4.69) is 0 Å². The molecule has 0 fully saturated rings. The van der Waals surface area contributed by atoms with Gasteiger partial charge >= 0.3 is 0 Å². The number of hydrogen-bond acceptors (Lipinski definition) is 4. The summed E-state index contributed by atoms with van der Waals surface area (Å²) in [5.74, 6) is 0. The molecule has 6 heteroatoms. The summed E-state index contributed by atoms with van der Waals surface area (Å²) in [4.78, 5) is 0.183. The van der Waals surface area contributed by atoms with Gasteiger partial charge in [-0.25, -0.2) is 8.42 Å². The second kappa shape index (κ2) is 4.96. The zero-order valence-corrected chi connectivity index (χ0v) is 9.74. The van der Waals surface area contributed by atoms with Crippen molar-refractivity contribution in [3.05, 3.63) is 24.3 Å². The molecule has 0 saturated heterocycles. The minimum absolute atomic E-state index is 0.171. The van der Waals surface area contributed by atoms with Crippen molar-refractivity contribution < 1.29 is 8.42 Å². The zero-order chi connectivity index (χ0) is 12.2. The Morgan fingerprint density at radius 2 is 1.94 bits per heavy atom. The molecule has 16 heavy (non-hydrogen) atoms. The molecular weight excluding hydrogens is 226 g/mol. The highest BCUT2D eigenvalue weighted by Crippen LogP contribution is 2.15. The van der Waals surface area contributed by atoms with E-state index in [0.717, 1.165) is 4.31 Å². The lowest BCUT2D eigenvalue weighted by molar-refractivity contribution is 0.476. The zero-order valence-electron chi connectivity index (χ0n) is 8.92. The first kappa shape index (κ1) is 12.5. The van der Waals surface area contributed by atoms with E-state index in [0.29, 0.717) is 5.69 Å². The van der Waals surface area contributed by atoms with E-state index < -0.39 is 10.0 Å². The Morgan fingerprint density at radius 1 is 1.38 bits per heavy atom. The molecule has 0 bridgehead atoms. The van der Waals surface area contributed by atoms with Crippen LogP contribution in [-0.4, -0.2) is 26.3 Å². The third-order valence-electron chi connectivity index (χ3n) is 2.13. The third-order valence-corrected chi connectivity index (χ3v) is 4.00. The van der Waals surface area contributed by atoms with E-state index in [1.165, 1.54) is 31.3 Å². The molecule has 0 spiro atoms. The number of nitrogens with zero attached hydrogens (tertiary/aromatic N) is 2. The number of nitrogen functional groups attached to an aromatic ring is 1. The number of rotatable bonds is 4. The summed E-state index contributed by atoms with van der Waals surface area (Å²) in [7, 11) is -2.05. The number of hydrogen-bond donors (Lipinski definition) is 1. The van der Waals surface area contributed by atoms with Crippen molar-refractivity contribution >= 4 is 15.7 Å². The van der Waals surface area contributed by atoms with Crippen molar-refractivity contribution in [3.63, 3.8) is 0 Å². The Kier molecular flexibility index (Phi) is 3.88. The summed E-state index contributed by atoms with van der Waals surface area (Å²) in [6.07, 6.45) is 0.171. The third kappa shape index (κ3) is 2.72. The summed E-state index contributed by atoms with van der Waals surface area (Å²) in [5, 5.41) is 8.40. The normalized spacial score (nSPS) is 11.3. The molecule has 0 atom stereocenters. The SMILES string of the molecule is CN(CCC#N)S(=O)(=O)c1ccc(N)cc1. The molecule has 0 radical (unpaired) electrons. The van der Waals surface area contributed by atoms with Gasteiger partial charge in [0, 0.05) is 25.7 Å². The maximum Gasteiger partial charge on any atom is 0.242 e. The van der Waals surface area contributed by atoms with Crippen molar-refractivity contribution in [2.75, 3.05) is 19.3 Å². The molecule has 0 aliphatic rings. The van der Waals surface area contributed by atoms with Gasteiger partial charge in [0.25, 0.3) is 0 Å². The topological polar surface area (TPSA) is 87.2 Å². The number of benzene rings is 1. The highest BCUT2D eigenvalue weighted by atomic mass is 32.2. The minimum atomic E-state index is -3.50. The first-order valence-electron chi connectivity index (χ1n) is 4.67. The van der Waals surface area contributed by atoms with Crippen molar-refractivity contribution in [2.24, 2.45) is 0 Å². The maximum atomic E-state index is 11.9. The number of anilines is 1. The Morgan fingerprint density at radius 3 is 2.44 bits per heavy atom. The molecule has 86 valence electrons. The van der Waals surface area contributed by atoms with E-state index in [1.54, 1.807) is 0 Å². The van der Waals surface area contributed by atoms with E-state index in [4.69, 9.17) is 11.0 Å². The predicted molar refractivity (Wildman–Crippen MR) is 60.9 cm³/mol. The highest BCUT2D eigenvalue weighted by molar-refractivity contribution is 7.89. The van der Waals surface area contributed by atoms with Gasteiger partial charge in [-0.05, 0) is 24.3 Å². The quantitative estimate of drug-likeness (QED) is 0.787. The van der Waals surface area contributed by atoms with Crippen LogP contribution in [0.2, 0.25) is 0 Å². The highest BCUT2D eigenvalue weighted by Gasteiger charge is 2.19. The maximum absolute atomic E-state index is 11.9. The first-order valence-corrected chi connectivity index (χ1v) is 6.11. The number of nitrogens with two attached hydrogens (primary N) is 1. The molecule has 0 amide bonds. The molecule has 2 N–H and O–H groups in total. The van der Waals surface area contributed by atoms with Crippen LogP contribution in [0, 0.1) is 11.3 Å². The molecule has 1 aromatic rings. The lowest BCUT2D eigenvalue weighted by atomic mass is 10.3. The molecule has 1 rings (SSSR count). The van der Waals surface area contributed by atoms with E-state index in [9.17, 15) is 8.42 Å². The Labute approximate surface area is 95.1 Å². The smallest absolute Gasteiger partial charge is 0.242 e. The van der Waals surface area contributed by atoms with Crippen molar-refractivity contribution in [1.82, 2.24) is 4.31 Å². The molecule has 5 nitrogen and oxygen atoms in total. The van der Waals surface area contributed by atoms with Gasteiger partial charge in [-0.3, -0.25) is 0 Å². The van der Waals surface area contributed by atoms with Gasteiger partial charge in [-0.15, -0.1) is 0 Å². The van der Waals surface area contributed by atoms with Crippen LogP contribution in [0.5, 0.6) is 0 Å². The molecule has 0 unspecified atom stereocenters. The first-order chi connectivity index (χ1) is 7.48. The van der Waals surface area contributed by atoms with Gasteiger partial charge in [0.2, 0.25) is 10.0 Å². The molecule has 0 aliphatic heterocycles. The van der Waals surface area contributed by atoms with Crippen LogP contribution in [0.15, 0.2) is 29.2 Å². The average molecular weight is 239 g/mol. The second-order valence-electron chi connectivity index (χ2n) is 3.30. The predicted octanol–water partition coefficient (Wildman–Crippen LogP) is 0.803. The van der Waals surface area contributed by atoms with Gasteiger partial charge < -0.3 is 5.73 Å². The molecule has 0 aromatic heterocycles. The molecule has 1 aromatic carbocycles. The van der Waals surface area contributed by atoms with E-state index in [1.807, 2.05) is 6.07 Å². The van der Waals surface area contributed by atoms with E-state index in [-0.39, 0.29) is 17.9 Å². The Balaban J connectivity index is 2.94. The largest absolute Gasteiger partial charge is 0.399 e. The van der Waals surface area contributed by atoms with Crippen LogP contribution in [-0.2, 0) is 10.0 Å².